The Hall–Kier alpha value is -0.840. The molecule has 0 fully saturated rings. The molecule has 0 radical (unpaired) electrons. The highest BCUT2D eigenvalue weighted by atomic mass is 79.9. The number of hydrogen-bond acceptors (Lipinski definition) is 3. The van der Waals surface area contributed by atoms with Crippen LogP contribution in [-0.2, 0) is 6.61 Å². The van der Waals surface area contributed by atoms with Gasteiger partial charge < -0.3 is 4.74 Å². The Kier molecular flexibility index (Phi) is 4.20. The van der Waals surface area contributed by atoms with Crippen LogP contribution in [0.15, 0.2) is 34.1 Å². The van der Waals surface area contributed by atoms with Crippen LogP contribution in [0.1, 0.15) is 15.2 Å². The van der Waals surface area contributed by atoms with Gasteiger partial charge in [0.2, 0.25) is 0 Å². The van der Waals surface area contributed by atoms with Gasteiger partial charge in [-0.25, -0.2) is 0 Å². The highest BCUT2D eigenvalue weighted by molar-refractivity contribution is 9.10. The van der Waals surface area contributed by atoms with Crippen LogP contribution in [0.2, 0.25) is 5.02 Å². The van der Waals surface area contributed by atoms with Gasteiger partial charge in [-0.2, -0.15) is 0 Å². The Bertz CT molecular complexity index is 539. The number of benzene rings is 1. The number of aldehydes is 1. The smallest absolute Gasteiger partial charge is 0.153 e. The average Bonchev–Trinajstić information content (AvgIpc) is 2.73. The first-order valence-corrected chi connectivity index (χ1v) is 6.86. The van der Waals surface area contributed by atoms with E-state index >= 15 is 0 Å². The predicted molar refractivity (Wildman–Crippen MR) is 73.2 cm³/mol. The van der Waals surface area contributed by atoms with E-state index < -0.39 is 0 Å². The maximum absolute atomic E-state index is 10.9. The molecule has 88 valence electrons. The van der Waals surface area contributed by atoms with E-state index in [4.69, 9.17) is 16.3 Å². The Morgan fingerprint density at radius 2 is 2.24 bits per heavy atom. The van der Waals surface area contributed by atoms with Crippen molar-refractivity contribution in [2.75, 3.05) is 0 Å². The van der Waals surface area contributed by atoms with Crippen LogP contribution in [0.25, 0.3) is 0 Å². The molecule has 5 heteroatoms. The third kappa shape index (κ3) is 2.89. The number of thiophene rings is 1. The molecule has 1 aromatic heterocycles. The van der Waals surface area contributed by atoms with Crippen molar-refractivity contribution in [2.45, 2.75) is 6.61 Å². The molecule has 1 heterocycles. The zero-order chi connectivity index (χ0) is 12.3. The molecule has 0 aliphatic heterocycles. The number of ether oxygens (including phenoxy) is 1. The fraction of sp³-hybridized carbons (Fsp3) is 0.0833. The standard InChI is InChI=1S/C12H8BrClO2S/c13-9-4-5-17-11(9)7-16-12-8(6-15)2-1-3-10(12)14/h1-6H,7H2. The minimum atomic E-state index is 0.392. The second-order valence-electron chi connectivity index (χ2n) is 3.26. The summed E-state index contributed by atoms with van der Waals surface area (Å²) in [6, 6.07) is 7.06. The van der Waals surface area contributed by atoms with Crippen molar-refractivity contribution in [3.05, 3.63) is 49.6 Å². The summed E-state index contributed by atoms with van der Waals surface area (Å²) in [5.41, 5.74) is 0.463. The molecule has 2 rings (SSSR count). The van der Waals surface area contributed by atoms with Crippen molar-refractivity contribution in [1.82, 2.24) is 0 Å². The van der Waals surface area contributed by atoms with Gasteiger partial charge >= 0.3 is 0 Å². The van der Waals surface area contributed by atoms with Crippen molar-refractivity contribution < 1.29 is 9.53 Å². The first-order valence-electron chi connectivity index (χ1n) is 4.80. The first-order chi connectivity index (χ1) is 8.22. The van der Waals surface area contributed by atoms with E-state index in [1.807, 2.05) is 11.4 Å². The molecule has 0 spiro atoms. The Balaban J connectivity index is 2.19. The molecule has 2 nitrogen and oxygen atoms in total. The van der Waals surface area contributed by atoms with Crippen LogP contribution in [0.5, 0.6) is 5.75 Å². The maximum Gasteiger partial charge on any atom is 0.153 e. The Morgan fingerprint density at radius 1 is 1.41 bits per heavy atom. The van der Waals surface area contributed by atoms with Crippen molar-refractivity contribution in [3.63, 3.8) is 0 Å². The van der Waals surface area contributed by atoms with E-state index in [1.54, 1.807) is 29.5 Å². The third-order valence-electron chi connectivity index (χ3n) is 2.16. The monoisotopic (exact) mass is 330 g/mol. The van der Waals surface area contributed by atoms with E-state index in [-0.39, 0.29) is 0 Å². The molecular weight excluding hydrogens is 324 g/mol. The molecule has 0 unspecified atom stereocenters. The molecule has 0 bridgehead atoms. The van der Waals surface area contributed by atoms with E-state index in [0.29, 0.717) is 22.9 Å². The van der Waals surface area contributed by atoms with Gasteiger partial charge in [0.25, 0.3) is 0 Å². The average molecular weight is 332 g/mol. The lowest BCUT2D eigenvalue weighted by Crippen LogP contribution is -1.97. The number of para-hydroxylation sites is 1. The molecule has 0 amide bonds. The van der Waals surface area contributed by atoms with Crippen LogP contribution < -0.4 is 4.74 Å². The normalized spacial score (nSPS) is 10.2. The summed E-state index contributed by atoms with van der Waals surface area (Å²) in [6.07, 6.45) is 0.741. The van der Waals surface area contributed by atoms with Crippen LogP contribution in [0, 0.1) is 0 Å². The van der Waals surface area contributed by atoms with Gasteiger partial charge in [-0.1, -0.05) is 17.7 Å². The molecule has 0 atom stereocenters. The number of carbonyl (C=O) groups is 1. The fourth-order valence-corrected chi connectivity index (χ4v) is 2.95. The van der Waals surface area contributed by atoms with Crippen molar-refractivity contribution in [1.29, 1.82) is 0 Å². The minimum Gasteiger partial charge on any atom is -0.486 e. The predicted octanol–water partition coefficient (Wildman–Crippen LogP) is 4.56. The topological polar surface area (TPSA) is 26.3 Å². The summed E-state index contributed by atoms with van der Waals surface area (Å²) in [5, 5.41) is 2.41. The van der Waals surface area contributed by atoms with Gasteiger partial charge in [0.05, 0.1) is 15.5 Å². The molecule has 0 saturated carbocycles. The summed E-state index contributed by atoms with van der Waals surface area (Å²) < 4.78 is 6.60. The second-order valence-corrected chi connectivity index (χ2v) is 5.52. The molecule has 0 aliphatic carbocycles. The molecule has 2 aromatic rings. The molecule has 0 N–H and O–H groups in total. The van der Waals surface area contributed by atoms with Crippen LogP contribution in [0.4, 0.5) is 0 Å². The largest absolute Gasteiger partial charge is 0.486 e. The summed E-state index contributed by atoms with van der Waals surface area (Å²) in [7, 11) is 0. The number of rotatable bonds is 4. The minimum absolute atomic E-state index is 0.392. The SMILES string of the molecule is O=Cc1cccc(Cl)c1OCc1sccc1Br. The van der Waals surface area contributed by atoms with Crippen molar-refractivity contribution in [2.24, 2.45) is 0 Å². The van der Waals surface area contributed by atoms with Gasteiger partial charge in [0.15, 0.2) is 6.29 Å². The van der Waals surface area contributed by atoms with Crippen molar-refractivity contribution >= 4 is 45.2 Å². The lowest BCUT2D eigenvalue weighted by molar-refractivity contribution is 0.111. The lowest BCUT2D eigenvalue weighted by atomic mass is 10.2. The van der Waals surface area contributed by atoms with E-state index in [1.165, 1.54) is 0 Å². The first kappa shape index (κ1) is 12.6. The molecule has 0 saturated heterocycles. The Morgan fingerprint density at radius 3 is 2.88 bits per heavy atom. The quantitative estimate of drug-likeness (QED) is 0.768. The van der Waals surface area contributed by atoms with Gasteiger partial charge in [0, 0.05) is 4.47 Å². The molecule has 0 aliphatic rings. The van der Waals surface area contributed by atoms with Gasteiger partial charge in [-0.05, 0) is 39.5 Å². The van der Waals surface area contributed by atoms with Crippen molar-refractivity contribution in [3.8, 4) is 5.75 Å². The summed E-state index contributed by atoms with van der Waals surface area (Å²) in [5.74, 6) is 0.435. The van der Waals surface area contributed by atoms with E-state index in [2.05, 4.69) is 15.9 Å². The highest BCUT2D eigenvalue weighted by Gasteiger charge is 2.09. The molecular formula is C12H8BrClO2S. The van der Waals surface area contributed by atoms with E-state index in [9.17, 15) is 4.79 Å². The second kappa shape index (κ2) is 5.67. The van der Waals surface area contributed by atoms with Crippen LogP contribution in [-0.4, -0.2) is 6.29 Å². The number of carbonyl (C=O) groups excluding carboxylic acids is 1. The molecule has 1 aromatic carbocycles. The van der Waals surface area contributed by atoms with Gasteiger partial charge in [0.1, 0.15) is 12.4 Å². The number of halogens is 2. The fourth-order valence-electron chi connectivity index (χ4n) is 1.34. The summed E-state index contributed by atoms with van der Waals surface area (Å²) in [6.45, 7) is 0.392. The van der Waals surface area contributed by atoms with Crippen LogP contribution in [0.3, 0.4) is 0 Å². The third-order valence-corrected chi connectivity index (χ3v) is 4.36. The van der Waals surface area contributed by atoms with E-state index in [0.717, 1.165) is 15.6 Å². The summed E-state index contributed by atoms with van der Waals surface area (Å²) >= 11 is 11.0. The number of hydrogen-bond donors (Lipinski definition) is 0. The lowest BCUT2D eigenvalue weighted by Gasteiger charge is -2.09. The zero-order valence-corrected chi connectivity index (χ0v) is 11.8. The highest BCUT2D eigenvalue weighted by Crippen LogP contribution is 2.30. The molecule has 17 heavy (non-hydrogen) atoms. The van der Waals surface area contributed by atoms with Gasteiger partial charge in [-0.3, -0.25) is 4.79 Å². The Labute approximate surface area is 116 Å². The maximum atomic E-state index is 10.9. The summed E-state index contributed by atoms with van der Waals surface area (Å²) in [4.78, 5) is 11.9. The van der Waals surface area contributed by atoms with Crippen LogP contribution >= 0.6 is 38.9 Å². The zero-order valence-electron chi connectivity index (χ0n) is 8.65. The van der Waals surface area contributed by atoms with Gasteiger partial charge in [-0.15, -0.1) is 11.3 Å².